The van der Waals surface area contributed by atoms with Gasteiger partial charge in [0.15, 0.2) is 0 Å². The molecular weight excluding hydrogens is 208 g/mol. The Labute approximate surface area is 84.8 Å². The molecule has 0 amide bonds. The van der Waals surface area contributed by atoms with Crippen LogP contribution in [0.5, 0.6) is 5.75 Å². The Kier molecular flexibility index (Phi) is 3.54. The third kappa shape index (κ3) is 3.16. The van der Waals surface area contributed by atoms with Gasteiger partial charge in [-0.25, -0.2) is 4.79 Å². The van der Waals surface area contributed by atoms with Crippen molar-refractivity contribution in [1.29, 1.82) is 0 Å². The molecule has 0 aliphatic carbocycles. The summed E-state index contributed by atoms with van der Waals surface area (Å²) in [5, 5.41) is 0. The van der Waals surface area contributed by atoms with Crippen LogP contribution in [0.15, 0.2) is 24.5 Å². The molecule has 0 atom stereocenters. The molecule has 15 heavy (non-hydrogen) atoms. The lowest BCUT2D eigenvalue weighted by atomic mass is 10.4. The van der Waals surface area contributed by atoms with Gasteiger partial charge in [0.25, 0.3) is 0 Å². The second kappa shape index (κ2) is 4.68. The van der Waals surface area contributed by atoms with E-state index < -0.39 is 12.1 Å². The lowest BCUT2D eigenvalue weighted by Crippen LogP contribution is -2.36. The van der Waals surface area contributed by atoms with Gasteiger partial charge in [-0.15, -0.1) is 0 Å². The van der Waals surface area contributed by atoms with Gasteiger partial charge in [0, 0.05) is 6.20 Å². The predicted octanol–water partition coefficient (Wildman–Crippen LogP) is 1.62. The first-order valence-electron chi connectivity index (χ1n) is 4.20. The maximum Gasteiger partial charge on any atom is 0.502 e. The van der Waals surface area contributed by atoms with Crippen molar-refractivity contribution in [3.8, 4) is 5.75 Å². The van der Waals surface area contributed by atoms with Crippen molar-refractivity contribution in [2.75, 3.05) is 6.61 Å². The van der Waals surface area contributed by atoms with E-state index in [2.05, 4.69) is 14.5 Å². The molecule has 0 aromatic carbocycles. The number of nitrogens with zero attached hydrogens (tertiary/aromatic N) is 1. The van der Waals surface area contributed by atoms with Crippen molar-refractivity contribution >= 4 is 5.97 Å². The van der Waals surface area contributed by atoms with Gasteiger partial charge >= 0.3 is 12.1 Å². The van der Waals surface area contributed by atoms with Gasteiger partial charge in [0.1, 0.15) is 5.75 Å². The zero-order valence-electron chi connectivity index (χ0n) is 7.94. The van der Waals surface area contributed by atoms with Crippen molar-refractivity contribution in [2.45, 2.75) is 13.0 Å². The number of ether oxygens (including phenoxy) is 2. The molecule has 0 saturated heterocycles. The first kappa shape index (κ1) is 11.4. The zero-order chi connectivity index (χ0) is 11.3. The van der Waals surface area contributed by atoms with Crippen LogP contribution in [0.1, 0.15) is 6.92 Å². The van der Waals surface area contributed by atoms with Crippen LogP contribution in [0, 0.1) is 0 Å². The summed E-state index contributed by atoms with van der Waals surface area (Å²) in [6.07, 6.45) is -1.51. The van der Waals surface area contributed by atoms with Crippen LogP contribution in [0.4, 0.5) is 8.78 Å². The number of esters is 1. The Morgan fingerprint density at radius 1 is 1.60 bits per heavy atom. The molecule has 0 radical (unpaired) electrons. The largest absolute Gasteiger partial charge is 0.502 e. The maximum atomic E-state index is 13.0. The van der Waals surface area contributed by atoms with Crippen LogP contribution in [0.25, 0.3) is 0 Å². The molecule has 6 heteroatoms. The summed E-state index contributed by atoms with van der Waals surface area (Å²) in [5.74, 6) is -1.91. The highest BCUT2D eigenvalue weighted by molar-refractivity contribution is 5.76. The van der Waals surface area contributed by atoms with Crippen LogP contribution >= 0.6 is 0 Å². The summed E-state index contributed by atoms with van der Waals surface area (Å²) in [4.78, 5) is 14.3. The number of halogens is 2. The molecule has 0 fully saturated rings. The standard InChI is InChI=1S/C9H9F2NO3/c1-2-14-8(13)9(10,11)15-7-4-3-5-12-6-7/h3-6H,2H2,1H3. The van der Waals surface area contributed by atoms with Gasteiger partial charge in [-0.1, -0.05) is 0 Å². The van der Waals surface area contributed by atoms with E-state index >= 15 is 0 Å². The van der Waals surface area contributed by atoms with E-state index in [9.17, 15) is 13.6 Å². The predicted molar refractivity (Wildman–Crippen MR) is 46.4 cm³/mol. The minimum Gasteiger partial charge on any atom is -0.459 e. The molecule has 1 rings (SSSR count). The van der Waals surface area contributed by atoms with Crippen molar-refractivity contribution < 1.29 is 23.0 Å². The van der Waals surface area contributed by atoms with Crippen molar-refractivity contribution in [3.63, 3.8) is 0 Å². The Hall–Kier alpha value is -1.72. The number of alkyl halides is 2. The molecule has 1 aromatic heterocycles. The van der Waals surface area contributed by atoms with Gasteiger partial charge in [-0.3, -0.25) is 4.98 Å². The lowest BCUT2D eigenvalue weighted by Gasteiger charge is -2.15. The second-order valence-electron chi connectivity index (χ2n) is 2.53. The summed E-state index contributed by atoms with van der Waals surface area (Å²) in [5.41, 5.74) is 0. The summed E-state index contributed by atoms with van der Waals surface area (Å²) in [6.45, 7) is 1.29. The van der Waals surface area contributed by atoms with Crippen LogP contribution in [0.2, 0.25) is 0 Å². The highest BCUT2D eigenvalue weighted by Crippen LogP contribution is 2.21. The first-order valence-corrected chi connectivity index (χ1v) is 4.20. The molecule has 1 heterocycles. The van der Waals surface area contributed by atoms with E-state index in [1.54, 1.807) is 0 Å². The summed E-state index contributed by atoms with van der Waals surface area (Å²) >= 11 is 0. The number of hydrogen-bond acceptors (Lipinski definition) is 4. The highest BCUT2D eigenvalue weighted by Gasteiger charge is 2.44. The monoisotopic (exact) mass is 217 g/mol. The van der Waals surface area contributed by atoms with E-state index in [0.717, 1.165) is 6.20 Å². The van der Waals surface area contributed by atoms with Gasteiger partial charge in [0.05, 0.1) is 12.8 Å². The molecule has 0 bridgehead atoms. The summed E-state index contributed by atoms with van der Waals surface area (Å²) in [7, 11) is 0. The second-order valence-corrected chi connectivity index (χ2v) is 2.53. The van der Waals surface area contributed by atoms with Gasteiger partial charge < -0.3 is 9.47 Å². The Morgan fingerprint density at radius 2 is 2.33 bits per heavy atom. The fourth-order valence-electron chi connectivity index (χ4n) is 0.812. The van der Waals surface area contributed by atoms with E-state index in [1.807, 2.05) is 0 Å². The normalized spacial score (nSPS) is 10.9. The number of carbonyl (C=O) groups excluding carboxylic acids is 1. The molecule has 0 N–H and O–H groups in total. The Morgan fingerprint density at radius 3 is 2.87 bits per heavy atom. The third-order valence-electron chi connectivity index (χ3n) is 1.39. The van der Waals surface area contributed by atoms with Crippen molar-refractivity contribution in [3.05, 3.63) is 24.5 Å². The molecule has 0 spiro atoms. The fourth-order valence-corrected chi connectivity index (χ4v) is 0.812. The average Bonchev–Trinajstić information content (AvgIpc) is 2.19. The number of hydrogen-bond donors (Lipinski definition) is 0. The molecule has 0 saturated carbocycles. The van der Waals surface area contributed by atoms with Crippen LogP contribution in [-0.4, -0.2) is 23.7 Å². The SMILES string of the molecule is CCOC(=O)C(F)(F)Oc1cccnc1. The molecule has 82 valence electrons. The van der Waals surface area contributed by atoms with Crippen LogP contribution in [0.3, 0.4) is 0 Å². The minimum absolute atomic E-state index is 0.134. The Balaban J connectivity index is 2.68. The lowest BCUT2D eigenvalue weighted by molar-refractivity contribution is -0.216. The average molecular weight is 217 g/mol. The summed E-state index contributed by atoms with van der Waals surface area (Å²) < 4.78 is 34.2. The number of aromatic nitrogens is 1. The van der Waals surface area contributed by atoms with Crippen LogP contribution in [-0.2, 0) is 9.53 Å². The number of rotatable bonds is 4. The highest BCUT2D eigenvalue weighted by atomic mass is 19.3. The number of pyridine rings is 1. The van der Waals surface area contributed by atoms with Crippen molar-refractivity contribution in [2.24, 2.45) is 0 Å². The van der Waals surface area contributed by atoms with E-state index in [1.165, 1.54) is 25.3 Å². The van der Waals surface area contributed by atoms with Gasteiger partial charge in [-0.05, 0) is 19.1 Å². The van der Waals surface area contributed by atoms with Crippen LogP contribution < -0.4 is 4.74 Å². The molecule has 0 unspecified atom stereocenters. The zero-order valence-corrected chi connectivity index (χ0v) is 7.94. The maximum absolute atomic E-state index is 13.0. The molecule has 1 aromatic rings. The Bertz CT molecular complexity index is 329. The molecule has 4 nitrogen and oxygen atoms in total. The topological polar surface area (TPSA) is 48.4 Å². The van der Waals surface area contributed by atoms with E-state index in [-0.39, 0.29) is 12.4 Å². The number of carbonyl (C=O) groups is 1. The minimum atomic E-state index is -3.99. The fraction of sp³-hybridized carbons (Fsp3) is 0.333. The van der Waals surface area contributed by atoms with Gasteiger partial charge in [0.2, 0.25) is 0 Å². The molecule has 0 aliphatic rings. The first-order chi connectivity index (χ1) is 7.06. The van der Waals surface area contributed by atoms with E-state index in [0.29, 0.717) is 0 Å². The van der Waals surface area contributed by atoms with E-state index in [4.69, 9.17) is 0 Å². The quantitative estimate of drug-likeness (QED) is 0.719. The molecular formula is C9H9F2NO3. The summed E-state index contributed by atoms with van der Waals surface area (Å²) in [6, 6.07) is 2.68. The smallest absolute Gasteiger partial charge is 0.459 e. The third-order valence-corrected chi connectivity index (χ3v) is 1.39. The molecule has 0 aliphatic heterocycles. The van der Waals surface area contributed by atoms with Crippen molar-refractivity contribution in [1.82, 2.24) is 4.98 Å². The van der Waals surface area contributed by atoms with Gasteiger partial charge in [-0.2, -0.15) is 8.78 Å².